The molecule has 0 spiro atoms. The van der Waals surface area contributed by atoms with Crippen molar-refractivity contribution < 1.29 is 32.2 Å². The molecule has 180 valence electrons. The minimum absolute atomic E-state index is 0.157. The van der Waals surface area contributed by atoms with Crippen LogP contribution >= 0.6 is 11.8 Å². The lowest BCUT2D eigenvalue weighted by Gasteiger charge is -2.20. The van der Waals surface area contributed by atoms with Gasteiger partial charge in [0, 0.05) is 28.7 Å². The van der Waals surface area contributed by atoms with Crippen molar-refractivity contribution in [2.75, 3.05) is 20.7 Å². The summed E-state index contributed by atoms with van der Waals surface area (Å²) in [4.78, 5) is 25.6. The molecule has 2 aromatic rings. The van der Waals surface area contributed by atoms with Crippen LogP contribution in [-0.2, 0) is 16.8 Å². The van der Waals surface area contributed by atoms with Crippen LogP contribution in [0.4, 0.5) is 18.0 Å². The van der Waals surface area contributed by atoms with Gasteiger partial charge < -0.3 is 14.4 Å². The van der Waals surface area contributed by atoms with Crippen molar-refractivity contribution in [3.63, 3.8) is 0 Å². The van der Waals surface area contributed by atoms with Gasteiger partial charge in [-0.3, -0.25) is 14.9 Å². The summed E-state index contributed by atoms with van der Waals surface area (Å²) >= 11 is 0.734. The zero-order valence-corrected chi connectivity index (χ0v) is 19.8. The number of hydrogen-bond acceptors (Lipinski definition) is 6. The van der Waals surface area contributed by atoms with Crippen LogP contribution in [0.15, 0.2) is 35.2 Å². The van der Waals surface area contributed by atoms with Crippen molar-refractivity contribution in [2.45, 2.75) is 32.2 Å². The Kier molecular flexibility index (Phi) is 6.15. The Balaban J connectivity index is 1.91. The fraction of sp³-hybridized carbons (Fsp3) is 0.333. The summed E-state index contributed by atoms with van der Waals surface area (Å²) in [6.07, 6.45) is -3.44. The standard InChI is InChI=1S/C24H23F3N2O4S/c1-23(2)12-32-20-16(8-14(9-17(20)23)11-29(3)4)15-7-13(5-6-18(15)33-24(25,26)27)10-19-21(30)28-22(31)34-19/h5-10H,11-12H2,1-4H3,(H,28,30,31)/b19-10+. The predicted octanol–water partition coefficient (Wildman–Crippen LogP) is 5.31. The molecule has 0 saturated carbocycles. The Morgan fingerprint density at radius 1 is 1.18 bits per heavy atom. The Bertz CT molecular complexity index is 1210. The Labute approximate surface area is 199 Å². The van der Waals surface area contributed by atoms with Gasteiger partial charge in [0.05, 0.1) is 11.5 Å². The Morgan fingerprint density at radius 3 is 2.53 bits per heavy atom. The second-order valence-electron chi connectivity index (χ2n) is 9.09. The second kappa shape index (κ2) is 8.66. The van der Waals surface area contributed by atoms with Crippen molar-refractivity contribution in [3.05, 3.63) is 51.9 Å². The Morgan fingerprint density at radius 2 is 1.91 bits per heavy atom. The highest BCUT2D eigenvalue weighted by molar-refractivity contribution is 8.18. The topological polar surface area (TPSA) is 67.9 Å². The van der Waals surface area contributed by atoms with Crippen LogP contribution in [0.5, 0.6) is 11.5 Å². The highest BCUT2D eigenvalue weighted by Gasteiger charge is 2.37. The lowest BCUT2D eigenvalue weighted by atomic mass is 9.84. The summed E-state index contributed by atoms with van der Waals surface area (Å²) in [6, 6.07) is 7.94. The third-order valence-electron chi connectivity index (χ3n) is 5.41. The molecule has 0 aromatic heterocycles. The number of fused-ring (bicyclic) bond motifs is 1. The quantitative estimate of drug-likeness (QED) is 0.571. The van der Waals surface area contributed by atoms with Gasteiger partial charge in [-0.2, -0.15) is 0 Å². The summed E-state index contributed by atoms with van der Waals surface area (Å²) in [5.41, 5.74) is 2.59. The predicted molar refractivity (Wildman–Crippen MR) is 124 cm³/mol. The number of imide groups is 1. The van der Waals surface area contributed by atoms with E-state index in [9.17, 15) is 22.8 Å². The molecule has 10 heteroatoms. The lowest BCUT2D eigenvalue weighted by molar-refractivity contribution is -0.274. The molecule has 1 fully saturated rings. The van der Waals surface area contributed by atoms with E-state index in [1.54, 1.807) is 6.07 Å². The number of carbonyl (C=O) groups is 2. The van der Waals surface area contributed by atoms with Gasteiger partial charge in [0.15, 0.2) is 0 Å². The first-order chi connectivity index (χ1) is 15.8. The zero-order valence-electron chi connectivity index (χ0n) is 19.0. The molecule has 2 aromatic carbocycles. The van der Waals surface area contributed by atoms with Crippen molar-refractivity contribution in [1.29, 1.82) is 0 Å². The molecule has 2 aliphatic heterocycles. The van der Waals surface area contributed by atoms with Crippen LogP contribution in [0.2, 0.25) is 0 Å². The van der Waals surface area contributed by atoms with E-state index in [0.717, 1.165) is 22.9 Å². The van der Waals surface area contributed by atoms with Crippen LogP contribution in [0.1, 0.15) is 30.5 Å². The molecular formula is C24H23F3N2O4S. The number of ether oxygens (including phenoxy) is 2. The molecule has 34 heavy (non-hydrogen) atoms. The summed E-state index contributed by atoms with van der Waals surface area (Å²) < 4.78 is 50.1. The van der Waals surface area contributed by atoms with Crippen LogP contribution in [0.25, 0.3) is 17.2 Å². The van der Waals surface area contributed by atoms with Gasteiger partial charge in [-0.1, -0.05) is 26.0 Å². The van der Waals surface area contributed by atoms with Crippen molar-refractivity contribution in [2.24, 2.45) is 0 Å². The van der Waals surface area contributed by atoms with Gasteiger partial charge in [0.1, 0.15) is 11.5 Å². The van der Waals surface area contributed by atoms with E-state index in [4.69, 9.17) is 4.74 Å². The monoisotopic (exact) mass is 492 g/mol. The van der Waals surface area contributed by atoms with E-state index >= 15 is 0 Å². The molecule has 6 nitrogen and oxygen atoms in total. The third-order valence-corrected chi connectivity index (χ3v) is 6.22. The van der Waals surface area contributed by atoms with E-state index in [-0.39, 0.29) is 21.6 Å². The SMILES string of the molecule is CN(C)Cc1cc(-c2cc(/C=C3/SC(=O)NC3=O)ccc2OC(F)(F)F)c2c(c1)C(C)(C)CO2. The molecule has 0 unspecified atom stereocenters. The molecule has 0 aliphatic carbocycles. The van der Waals surface area contributed by atoms with E-state index in [1.165, 1.54) is 24.3 Å². The summed E-state index contributed by atoms with van der Waals surface area (Å²) in [7, 11) is 3.82. The van der Waals surface area contributed by atoms with Gasteiger partial charge in [-0.15, -0.1) is 13.2 Å². The summed E-state index contributed by atoms with van der Waals surface area (Å²) in [5, 5.41) is 1.66. The maximum absolute atomic E-state index is 13.2. The fourth-order valence-corrected chi connectivity index (χ4v) is 4.65. The normalized spacial score (nSPS) is 18.3. The van der Waals surface area contributed by atoms with Crippen LogP contribution in [0.3, 0.4) is 0 Å². The number of nitrogens with zero attached hydrogens (tertiary/aromatic N) is 1. The minimum Gasteiger partial charge on any atom is -0.492 e. The number of nitrogens with one attached hydrogen (secondary N) is 1. The average Bonchev–Trinajstić information content (AvgIpc) is 3.18. The van der Waals surface area contributed by atoms with Crippen molar-refractivity contribution in [3.8, 4) is 22.6 Å². The highest BCUT2D eigenvalue weighted by Crippen LogP contribution is 2.48. The van der Waals surface area contributed by atoms with E-state index in [0.29, 0.717) is 30.0 Å². The molecule has 0 bridgehead atoms. The van der Waals surface area contributed by atoms with Crippen LogP contribution in [0, 0.1) is 0 Å². The fourth-order valence-electron chi connectivity index (χ4n) is 3.97. The van der Waals surface area contributed by atoms with Crippen LogP contribution < -0.4 is 14.8 Å². The molecule has 1 N–H and O–H groups in total. The summed E-state index contributed by atoms with van der Waals surface area (Å²) in [6.45, 7) is 5.00. The van der Waals surface area contributed by atoms with E-state index < -0.39 is 17.5 Å². The smallest absolute Gasteiger partial charge is 0.492 e. The number of hydrogen-bond donors (Lipinski definition) is 1. The first-order valence-corrected chi connectivity index (χ1v) is 11.2. The van der Waals surface area contributed by atoms with Gasteiger partial charge in [-0.25, -0.2) is 0 Å². The van der Waals surface area contributed by atoms with Crippen molar-refractivity contribution >= 4 is 29.0 Å². The first-order valence-electron chi connectivity index (χ1n) is 10.4. The molecule has 0 radical (unpaired) electrons. The Hall–Kier alpha value is -2.98. The minimum atomic E-state index is -4.90. The maximum Gasteiger partial charge on any atom is 0.573 e. The largest absolute Gasteiger partial charge is 0.573 e. The zero-order chi connectivity index (χ0) is 24.8. The molecular weight excluding hydrogens is 469 g/mol. The van der Waals surface area contributed by atoms with Crippen LogP contribution in [-0.4, -0.2) is 43.1 Å². The molecule has 1 saturated heterocycles. The molecule has 2 amide bonds. The highest BCUT2D eigenvalue weighted by atomic mass is 32.2. The number of thioether (sulfide) groups is 1. The molecule has 4 rings (SSSR count). The van der Waals surface area contributed by atoms with Crippen molar-refractivity contribution in [1.82, 2.24) is 10.2 Å². The summed E-state index contributed by atoms with van der Waals surface area (Å²) in [5.74, 6) is -0.426. The number of carbonyl (C=O) groups excluding carboxylic acids is 2. The second-order valence-corrected chi connectivity index (χ2v) is 10.1. The number of benzene rings is 2. The maximum atomic E-state index is 13.2. The lowest BCUT2D eigenvalue weighted by Crippen LogP contribution is -2.19. The molecule has 2 heterocycles. The molecule has 0 atom stereocenters. The third kappa shape index (κ3) is 5.07. The average molecular weight is 493 g/mol. The van der Waals surface area contributed by atoms with E-state index in [1.807, 2.05) is 38.9 Å². The number of halogens is 3. The number of rotatable bonds is 5. The first kappa shape index (κ1) is 24.2. The number of alkyl halides is 3. The van der Waals surface area contributed by atoms with Gasteiger partial charge >= 0.3 is 6.36 Å². The van der Waals surface area contributed by atoms with Gasteiger partial charge in [0.25, 0.3) is 11.1 Å². The van der Waals surface area contributed by atoms with E-state index in [2.05, 4.69) is 10.1 Å². The van der Waals surface area contributed by atoms with Gasteiger partial charge in [-0.05, 0) is 61.3 Å². The van der Waals surface area contributed by atoms with Gasteiger partial charge in [0.2, 0.25) is 0 Å². The molecule has 2 aliphatic rings. The number of amides is 2.